The van der Waals surface area contributed by atoms with Crippen LogP contribution in [0.3, 0.4) is 0 Å². The first-order chi connectivity index (χ1) is 17.6. The molecule has 0 aliphatic heterocycles. The molecule has 0 aliphatic rings. The van der Waals surface area contributed by atoms with Gasteiger partial charge in [-0.1, -0.05) is 13.8 Å². The largest absolute Gasteiger partial charge is 0.480 e. The van der Waals surface area contributed by atoms with Crippen molar-refractivity contribution in [2.45, 2.75) is 70.1 Å². The van der Waals surface area contributed by atoms with E-state index in [2.05, 4.69) is 25.9 Å². The second-order valence-corrected chi connectivity index (χ2v) is 8.87. The molecule has 0 radical (unpaired) electrons. The first-order valence-corrected chi connectivity index (χ1v) is 11.9. The number of primary amides is 1. The molecule has 0 bridgehead atoms. The van der Waals surface area contributed by atoms with Crippen LogP contribution in [0.15, 0.2) is 9.98 Å². The molecule has 17 nitrogen and oxygen atoms in total. The van der Waals surface area contributed by atoms with Crippen LogP contribution in [-0.4, -0.2) is 83.9 Å². The van der Waals surface area contributed by atoms with E-state index in [0.29, 0.717) is 6.42 Å². The van der Waals surface area contributed by atoms with Gasteiger partial charge in [-0.25, -0.2) is 4.79 Å². The van der Waals surface area contributed by atoms with Crippen molar-refractivity contribution in [1.29, 1.82) is 0 Å². The molecule has 0 aromatic rings. The SMILES string of the molecule is CC(C)C(NC(=O)C(CCCN=C(N)N)NC(=O)C(CC(N)=O)NC(=O)C(N)CCCN=C(N)N)C(=O)O. The van der Waals surface area contributed by atoms with E-state index >= 15 is 0 Å². The fraction of sp³-hybridized carbons (Fsp3) is 0.667. The lowest BCUT2D eigenvalue weighted by Gasteiger charge is -2.25. The monoisotopic (exact) mass is 543 g/mol. The summed E-state index contributed by atoms with van der Waals surface area (Å²) < 4.78 is 0. The van der Waals surface area contributed by atoms with Crippen LogP contribution in [0.4, 0.5) is 0 Å². The number of carbonyl (C=O) groups is 5. The molecule has 0 spiro atoms. The number of guanidine groups is 2. The minimum atomic E-state index is -1.45. The summed E-state index contributed by atoms with van der Waals surface area (Å²) >= 11 is 0. The average Bonchev–Trinajstić information content (AvgIpc) is 2.80. The minimum Gasteiger partial charge on any atom is -0.480 e. The highest BCUT2D eigenvalue weighted by Gasteiger charge is 2.31. The number of hydrogen-bond donors (Lipinski definition) is 10. The number of carboxylic acids is 1. The summed E-state index contributed by atoms with van der Waals surface area (Å²) in [5, 5.41) is 16.6. The third kappa shape index (κ3) is 14.4. The van der Waals surface area contributed by atoms with E-state index < -0.39 is 66.1 Å². The maximum absolute atomic E-state index is 13.0. The highest BCUT2D eigenvalue weighted by atomic mass is 16.4. The fourth-order valence-corrected chi connectivity index (χ4v) is 3.15. The van der Waals surface area contributed by atoms with Crippen molar-refractivity contribution >= 4 is 41.5 Å². The number of hydrogen-bond acceptors (Lipinski definition) is 8. The predicted octanol–water partition coefficient (Wildman–Crippen LogP) is -4.51. The first kappa shape index (κ1) is 33.8. The molecular formula is C21H41N11O6. The van der Waals surface area contributed by atoms with Gasteiger partial charge in [-0.3, -0.25) is 29.2 Å². The number of nitrogens with zero attached hydrogens (tertiary/aromatic N) is 2. The van der Waals surface area contributed by atoms with Crippen molar-refractivity contribution in [2.75, 3.05) is 13.1 Å². The molecule has 0 fully saturated rings. The van der Waals surface area contributed by atoms with Crippen LogP contribution in [0.25, 0.3) is 0 Å². The van der Waals surface area contributed by atoms with Crippen molar-refractivity contribution in [3.63, 3.8) is 0 Å². The van der Waals surface area contributed by atoms with E-state index in [9.17, 15) is 29.1 Å². The van der Waals surface area contributed by atoms with Crippen LogP contribution in [-0.2, 0) is 24.0 Å². The van der Waals surface area contributed by atoms with Gasteiger partial charge in [0.2, 0.25) is 23.6 Å². The molecule has 16 N–H and O–H groups in total. The van der Waals surface area contributed by atoms with Crippen molar-refractivity contribution in [3.8, 4) is 0 Å². The number of aliphatic carboxylic acids is 1. The standard InChI is InChI=1S/C21H41N11O6/c1-10(2)15(19(37)38)32-17(35)12(6-4-8-29-21(26)27)30-18(36)13(9-14(23)33)31-16(34)11(22)5-3-7-28-20(24)25/h10-13,15H,3-9,22H2,1-2H3,(H2,23,33)(H,30,36)(H,31,34)(H,32,35)(H,37,38)(H4,24,25,28)(H4,26,27,29). The van der Waals surface area contributed by atoms with E-state index in [-0.39, 0.29) is 44.3 Å². The van der Waals surface area contributed by atoms with Crippen LogP contribution < -0.4 is 50.4 Å². The lowest BCUT2D eigenvalue weighted by Crippen LogP contribution is -2.58. The molecule has 0 saturated heterocycles. The maximum Gasteiger partial charge on any atom is 0.326 e. The van der Waals surface area contributed by atoms with E-state index in [1.54, 1.807) is 13.8 Å². The Morgan fingerprint density at radius 2 is 1.21 bits per heavy atom. The van der Waals surface area contributed by atoms with Crippen molar-refractivity contribution in [1.82, 2.24) is 16.0 Å². The van der Waals surface area contributed by atoms with Crippen LogP contribution in [0.1, 0.15) is 46.0 Å². The summed E-state index contributed by atoms with van der Waals surface area (Å²) in [4.78, 5) is 69.1. The van der Waals surface area contributed by atoms with E-state index in [1.807, 2.05) is 0 Å². The summed E-state index contributed by atoms with van der Waals surface area (Å²) in [6.45, 7) is 3.57. The molecule has 4 atom stereocenters. The Bertz CT molecular complexity index is 885. The van der Waals surface area contributed by atoms with Crippen molar-refractivity contribution < 1.29 is 29.1 Å². The molecule has 0 rings (SSSR count). The van der Waals surface area contributed by atoms with Crippen LogP contribution in [0, 0.1) is 5.92 Å². The van der Waals surface area contributed by atoms with Gasteiger partial charge in [0.05, 0.1) is 12.5 Å². The van der Waals surface area contributed by atoms with E-state index in [0.717, 1.165) is 0 Å². The van der Waals surface area contributed by atoms with E-state index in [4.69, 9.17) is 34.4 Å². The topological polar surface area (TPSA) is 323 Å². The third-order valence-electron chi connectivity index (χ3n) is 5.15. The van der Waals surface area contributed by atoms with Gasteiger partial charge in [-0.2, -0.15) is 0 Å². The van der Waals surface area contributed by atoms with Crippen molar-refractivity contribution in [3.05, 3.63) is 0 Å². The minimum absolute atomic E-state index is 0.0142. The second kappa shape index (κ2) is 17.3. The van der Waals surface area contributed by atoms with Gasteiger partial charge >= 0.3 is 5.97 Å². The highest BCUT2D eigenvalue weighted by Crippen LogP contribution is 2.06. The molecule has 4 amide bonds. The lowest BCUT2D eigenvalue weighted by molar-refractivity contribution is -0.143. The van der Waals surface area contributed by atoms with Gasteiger partial charge in [0.1, 0.15) is 18.1 Å². The zero-order valence-electron chi connectivity index (χ0n) is 21.7. The Labute approximate surface area is 220 Å². The quantitative estimate of drug-likeness (QED) is 0.0446. The Balaban J connectivity index is 5.55. The lowest BCUT2D eigenvalue weighted by atomic mass is 10.0. The average molecular weight is 544 g/mol. The Hall–Kier alpha value is -4.15. The molecule has 17 heteroatoms. The van der Waals surface area contributed by atoms with Crippen LogP contribution >= 0.6 is 0 Å². The van der Waals surface area contributed by atoms with Crippen LogP contribution in [0.2, 0.25) is 0 Å². The number of aliphatic imine (C=N–C) groups is 2. The fourth-order valence-electron chi connectivity index (χ4n) is 3.15. The van der Waals surface area contributed by atoms with Gasteiger partial charge in [-0.15, -0.1) is 0 Å². The highest BCUT2D eigenvalue weighted by molar-refractivity contribution is 5.96. The Kier molecular flexibility index (Phi) is 15.4. The molecule has 0 aromatic carbocycles. The number of amides is 4. The van der Waals surface area contributed by atoms with Gasteiger partial charge in [0.15, 0.2) is 11.9 Å². The molecule has 216 valence electrons. The summed E-state index contributed by atoms with van der Waals surface area (Å²) in [7, 11) is 0. The van der Waals surface area contributed by atoms with Gasteiger partial charge in [0, 0.05) is 13.1 Å². The van der Waals surface area contributed by atoms with Gasteiger partial charge < -0.3 is 55.5 Å². The zero-order valence-corrected chi connectivity index (χ0v) is 21.7. The summed E-state index contributed by atoms with van der Waals surface area (Å²) in [5.41, 5.74) is 32.2. The molecule has 0 aromatic heterocycles. The number of carboxylic acid groups (broad SMARTS) is 1. The second-order valence-electron chi connectivity index (χ2n) is 8.87. The van der Waals surface area contributed by atoms with Gasteiger partial charge in [-0.05, 0) is 31.6 Å². The number of nitrogens with one attached hydrogen (secondary N) is 3. The van der Waals surface area contributed by atoms with E-state index in [1.165, 1.54) is 0 Å². The third-order valence-corrected chi connectivity index (χ3v) is 5.15. The normalized spacial score (nSPS) is 13.8. The number of carbonyl (C=O) groups excluding carboxylic acids is 4. The Morgan fingerprint density at radius 1 is 0.737 bits per heavy atom. The van der Waals surface area contributed by atoms with Gasteiger partial charge in [0.25, 0.3) is 0 Å². The molecule has 0 aliphatic carbocycles. The van der Waals surface area contributed by atoms with Crippen molar-refractivity contribution in [2.24, 2.45) is 50.3 Å². The molecule has 0 saturated carbocycles. The number of nitrogens with two attached hydrogens (primary N) is 6. The van der Waals surface area contributed by atoms with Crippen LogP contribution in [0.5, 0.6) is 0 Å². The summed E-state index contributed by atoms with van der Waals surface area (Å²) in [6.07, 6.45) is 0.223. The molecule has 4 unspecified atom stereocenters. The maximum atomic E-state index is 13.0. The predicted molar refractivity (Wildman–Crippen MR) is 140 cm³/mol. The summed E-state index contributed by atoms with van der Waals surface area (Å²) in [5.74, 6) is -5.31. The zero-order chi connectivity index (χ0) is 29.4. The number of rotatable bonds is 18. The molecule has 38 heavy (non-hydrogen) atoms. The first-order valence-electron chi connectivity index (χ1n) is 11.9. The smallest absolute Gasteiger partial charge is 0.326 e. The summed E-state index contributed by atoms with van der Waals surface area (Å²) in [6, 6.07) is -4.96. The molecular weight excluding hydrogens is 502 g/mol. The Morgan fingerprint density at radius 3 is 1.66 bits per heavy atom. The molecule has 0 heterocycles.